The first-order valence-electron chi connectivity index (χ1n) is 6.77. The summed E-state index contributed by atoms with van der Waals surface area (Å²) in [6.45, 7) is 0. The molecule has 0 bridgehead atoms. The van der Waals surface area contributed by atoms with Crippen LogP contribution in [0.15, 0.2) is 72.8 Å². The number of halogens is 1. The van der Waals surface area contributed by atoms with E-state index in [9.17, 15) is 4.39 Å². The zero-order valence-electron chi connectivity index (χ0n) is 11.7. The van der Waals surface area contributed by atoms with E-state index in [1.165, 1.54) is 6.07 Å². The minimum Gasteiger partial charge on any atom is -0.496 e. The zero-order chi connectivity index (χ0) is 14.7. The van der Waals surface area contributed by atoms with E-state index in [4.69, 9.17) is 4.74 Å². The average Bonchev–Trinajstić information content (AvgIpc) is 2.55. The van der Waals surface area contributed by atoms with Crippen molar-refractivity contribution in [1.29, 1.82) is 0 Å². The standard InChI is InChI=1S/C19H15FO/c1-21-19-11-3-2-10-18(19)16-8-4-6-14(12-16)15-7-5-9-17(20)13-15/h2-13H,1H3. The molecule has 3 aromatic carbocycles. The summed E-state index contributed by atoms with van der Waals surface area (Å²) in [4.78, 5) is 0. The predicted molar refractivity (Wildman–Crippen MR) is 83.8 cm³/mol. The molecule has 0 saturated heterocycles. The minimum atomic E-state index is -0.227. The molecule has 0 radical (unpaired) electrons. The van der Waals surface area contributed by atoms with Gasteiger partial charge in [-0.3, -0.25) is 0 Å². The molecular formula is C19H15FO. The number of ether oxygens (including phenoxy) is 1. The third-order valence-electron chi connectivity index (χ3n) is 3.44. The van der Waals surface area contributed by atoms with Crippen molar-refractivity contribution >= 4 is 0 Å². The second-order valence-electron chi connectivity index (χ2n) is 4.79. The molecule has 0 aromatic heterocycles. The third-order valence-corrected chi connectivity index (χ3v) is 3.44. The molecule has 0 unspecified atom stereocenters. The molecule has 0 heterocycles. The van der Waals surface area contributed by atoms with Gasteiger partial charge in [0.05, 0.1) is 7.11 Å². The summed E-state index contributed by atoms with van der Waals surface area (Å²) in [5.74, 6) is 0.601. The Morgan fingerprint density at radius 1 is 0.714 bits per heavy atom. The molecule has 0 aliphatic rings. The fraction of sp³-hybridized carbons (Fsp3) is 0.0526. The molecule has 21 heavy (non-hydrogen) atoms. The highest BCUT2D eigenvalue weighted by molar-refractivity contribution is 5.76. The van der Waals surface area contributed by atoms with Gasteiger partial charge in [0, 0.05) is 5.56 Å². The second-order valence-corrected chi connectivity index (χ2v) is 4.79. The van der Waals surface area contributed by atoms with Crippen LogP contribution in [0.5, 0.6) is 5.75 Å². The molecule has 0 atom stereocenters. The van der Waals surface area contributed by atoms with Gasteiger partial charge in [-0.2, -0.15) is 0 Å². The van der Waals surface area contributed by atoms with Gasteiger partial charge in [0.25, 0.3) is 0 Å². The molecule has 2 heteroatoms. The Bertz CT molecular complexity index is 765. The molecule has 0 aliphatic heterocycles. The number of para-hydroxylation sites is 1. The molecule has 0 N–H and O–H groups in total. The van der Waals surface area contributed by atoms with Gasteiger partial charge in [-0.05, 0) is 41.0 Å². The summed E-state index contributed by atoms with van der Waals surface area (Å²) in [6, 6.07) is 22.5. The Kier molecular flexibility index (Phi) is 3.69. The van der Waals surface area contributed by atoms with Gasteiger partial charge >= 0.3 is 0 Å². The summed E-state index contributed by atoms with van der Waals surface area (Å²) >= 11 is 0. The van der Waals surface area contributed by atoms with Crippen LogP contribution in [-0.4, -0.2) is 7.11 Å². The van der Waals surface area contributed by atoms with E-state index in [2.05, 4.69) is 0 Å². The van der Waals surface area contributed by atoms with Gasteiger partial charge in [0.1, 0.15) is 11.6 Å². The van der Waals surface area contributed by atoms with E-state index in [-0.39, 0.29) is 5.82 Å². The average molecular weight is 278 g/mol. The van der Waals surface area contributed by atoms with Gasteiger partial charge in [0.15, 0.2) is 0 Å². The topological polar surface area (TPSA) is 9.23 Å². The number of methoxy groups -OCH3 is 1. The smallest absolute Gasteiger partial charge is 0.126 e. The minimum absolute atomic E-state index is 0.227. The lowest BCUT2D eigenvalue weighted by molar-refractivity contribution is 0.416. The molecule has 3 rings (SSSR count). The van der Waals surface area contributed by atoms with Crippen LogP contribution in [-0.2, 0) is 0 Å². The Balaban J connectivity index is 2.08. The van der Waals surface area contributed by atoms with Crippen molar-refractivity contribution in [3.63, 3.8) is 0 Å². The van der Waals surface area contributed by atoms with Gasteiger partial charge < -0.3 is 4.74 Å². The maximum Gasteiger partial charge on any atom is 0.126 e. The Labute approximate surface area is 123 Å². The van der Waals surface area contributed by atoms with Crippen LogP contribution in [0.3, 0.4) is 0 Å². The lowest BCUT2D eigenvalue weighted by Gasteiger charge is -2.10. The summed E-state index contributed by atoms with van der Waals surface area (Å²) in [5, 5.41) is 0. The van der Waals surface area contributed by atoms with Crippen LogP contribution in [0.25, 0.3) is 22.3 Å². The summed E-state index contributed by atoms with van der Waals surface area (Å²) in [6.07, 6.45) is 0. The highest BCUT2D eigenvalue weighted by atomic mass is 19.1. The molecule has 0 aliphatic carbocycles. The quantitative estimate of drug-likeness (QED) is 0.642. The number of hydrogen-bond acceptors (Lipinski definition) is 1. The van der Waals surface area contributed by atoms with Crippen LogP contribution in [0, 0.1) is 5.82 Å². The number of hydrogen-bond donors (Lipinski definition) is 0. The van der Waals surface area contributed by atoms with Crippen molar-refractivity contribution in [2.45, 2.75) is 0 Å². The summed E-state index contributed by atoms with van der Waals surface area (Å²) < 4.78 is 18.8. The molecule has 0 fully saturated rings. The van der Waals surface area contributed by atoms with Crippen molar-refractivity contribution in [1.82, 2.24) is 0 Å². The lowest BCUT2D eigenvalue weighted by Crippen LogP contribution is -1.88. The van der Waals surface area contributed by atoms with Gasteiger partial charge in [0.2, 0.25) is 0 Å². The Morgan fingerprint density at radius 2 is 1.38 bits per heavy atom. The summed E-state index contributed by atoms with van der Waals surface area (Å²) in [7, 11) is 1.66. The van der Waals surface area contributed by atoms with E-state index in [0.717, 1.165) is 28.0 Å². The molecule has 0 amide bonds. The van der Waals surface area contributed by atoms with Gasteiger partial charge in [-0.1, -0.05) is 48.5 Å². The van der Waals surface area contributed by atoms with Crippen LogP contribution >= 0.6 is 0 Å². The summed E-state index contributed by atoms with van der Waals surface area (Å²) in [5.41, 5.74) is 3.93. The van der Waals surface area contributed by atoms with E-state index in [1.54, 1.807) is 19.2 Å². The van der Waals surface area contributed by atoms with Crippen LogP contribution in [0.2, 0.25) is 0 Å². The fourth-order valence-electron chi connectivity index (χ4n) is 2.42. The molecule has 104 valence electrons. The van der Waals surface area contributed by atoms with E-state index in [0.29, 0.717) is 0 Å². The second kappa shape index (κ2) is 5.80. The monoisotopic (exact) mass is 278 g/mol. The van der Waals surface area contributed by atoms with Crippen molar-refractivity contribution in [2.75, 3.05) is 7.11 Å². The first-order chi connectivity index (χ1) is 10.3. The highest BCUT2D eigenvalue weighted by Gasteiger charge is 2.06. The SMILES string of the molecule is COc1ccccc1-c1cccc(-c2cccc(F)c2)c1. The van der Waals surface area contributed by atoms with Gasteiger partial charge in [-0.15, -0.1) is 0 Å². The molecular weight excluding hydrogens is 263 g/mol. The van der Waals surface area contributed by atoms with Gasteiger partial charge in [-0.25, -0.2) is 4.39 Å². The molecule has 3 aromatic rings. The molecule has 0 spiro atoms. The maximum absolute atomic E-state index is 13.4. The van der Waals surface area contributed by atoms with Crippen molar-refractivity contribution in [2.24, 2.45) is 0 Å². The molecule has 0 saturated carbocycles. The highest BCUT2D eigenvalue weighted by Crippen LogP contribution is 2.32. The molecule has 1 nitrogen and oxygen atoms in total. The third kappa shape index (κ3) is 2.79. The first-order valence-corrected chi connectivity index (χ1v) is 6.77. The first kappa shape index (κ1) is 13.4. The van der Waals surface area contributed by atoms with Crippen LogP contribution in [0.1, 0.15) is 0 Å². The number of rotatable bonds is 3. The van der Waals surface area contributed by atoms with Crippen molar-refractivity contribution < 1.29 is 9.13 Å². The van der Waals surface area contributed by atoms with E-state index >= 15 is 0 Å². The predicted octanol–water partition coefficient (Wildman–Crippen LogP) is 5.17. The lowest BCUT2D eigenvalue weighted by atomic mass is 9.98. The van der Waals surface area contributed by atoms with Crippen molar-refractivity contribution in [3.8, 4) is 28.0 Å². The van der Waals surface area contributed by atoms with E-state index in [1.807, 2.05) is 54.6 Å². The van der Waals surface area contributed by atoms with E-state index < -0.39 is 0 Å². The fourth-order valence-corrected chi connectivity index (χ4v) is 2.42. The normalized spacial score (nSPS) is 10.4. The van der Waals surface area contributed by atoms with Crippen molar-refractivity contribution in [3.05, 3.63) is 78.6 Å². The Morgan fingerprint density at radius 3 is 2.14 bits per heavy atom. The number of benzene rings is 3. The zero-order valence-corrected chi connectivity index (χ0v) is 11.7. The Hall–Kier alpha value is -2.61. The largest absolute Gasteiger partial charge is 0.496 e. The van der Waals surface area contributed by atoms with Crippen LogP contribution < -0.4 is 4.74 Å². The maximum atomic E-state index is 13.4. The van der Waals surface area contributed by atoms with Crippen LogP contribution in [0.4, 0.5) is 4.39 Å².